The number of phenolic OH excluding ortho intramolecular Hbond substituents is 1. The third-order valence-electron chi connectivity index (χ3n) is 12.8. The minimum atomic E-state index is -1.39. The second-order valence-electron chi connectivity index (χ2n) is 15.5. The smallest absolute Gasteiger partial charge is 0.335 e. The number of carbonyl (C=O) groups is 2. The van der Waals surface area contributed by atoms with Gasteiger partial charge in [0.25, 0.3) is 0 Å². The summed E-state index contributed by atoms with van der Waals surface area (Å²) in [6.07, 6.45) is 0.0463. The topological polar surface area (TPSA) is 162 Å². The fourth-order valence-electron chi connectivity index (χ4n) is 10.4. The van der Waals surface area contributed by atoms with Crippen molar-refractivity contribution in [3.8, 4) is 34.5 Å². The van der Waals surface area contributed by atoms with Gasteiger partial charge in [0.15, 0.2) is 28.5 Å². The van der Waals surface area contributed by atoms with Gasteiger partial charge in [0.05, 0.1) is 37.6 Å². The number of nitrogens with zero attached hydrogens (tertiary/aromatic N) is 2. The molecule has 1 spiro atoms. The van der Waals surface area contributed by atoms with Crippen LogP contribution in [-0.2, 0) is 32.7 Å². The summed E-state index contributed by atoms with van der Waals surface area (Å²) in [6.45, 7) is 5.36. The number of furan rings is 1. The Balaban J connectivity index is 1.23. The van der Waals surface area contributed by atoms with Gasteiger partial charge in [-0.15, -0.1) is 11.8 Å². The summed E-state index contributed by atoms with van der Waals surface area (Å²) in [4.78, 5) is 31.9. The summed E-state index contributed by atoms with van der Waals surface area (Å²) < 4.78 is 42.7. The van der Waals surface area contributed by atoms with E-state index in [9.17, 15) is 19.8 Å². The fourth-order valence-corrected chi connectivity index (χ4v) is 12.1. The number of fused-ring (bicyclic) bond motifs is 11. The Bertz CT molecular complexity index is 2360. The molecule has 8 heterocycles. The zero-order valence-electron chi connectivity index (χ0n) is 31.9. The molecule has 14 nitrogen and oxygen atoms in total. The van der Waals surface area contributed by atoms with E-state index in [2.05, 4.69) is 10.2 Å². The molecule has 3 N–H and O–H groups in total. The maximum absolute atomic E-state index is 14.8. The number of methoxy groups -OCH3 is 2. The van der Waals surface area contributed by atoms with E-state index in [-0.39, 0.29) is 30.9 Å². The molecule has 7 aliphatic rings. The third kappa shape index (κ3) is 4.71. The van der Waals surface area contributed by atoms with E-state index in [0.717, 1.165) is 22.1 Å². The number of esters is 2. The van der Waals surface area contributed by atoms with Crippen LogP contribution in [0.3, 0.4) is 0 Å². The highest BCUT2D eigenvalue weighted by Crippen LogP contribution is 2.64. The summed E-state index contributed by atoms with van der Waals surface area (Å²) in [7, 11) is 5.13. The average molecular weight is 786 g/mol. The molecule has 3 aromatic carbocycles. The highest BCUT2D eigenvalue weighted by Gasteiger charge is 2.62. The van der Waals surface area contributed by atoms with Crippen LogP contribution in [0.5, 0.6) is 34.5 Å². The number of nitrogens with one attached hydrogen (secondary N) is 1. The molecule has 0 saturated carbocycles. The minimum Gasteiger partial charge on any atom is -0.504 e. The number of phenols is 1. The van der Waals surface area contributed by atoms with Crippen LogP contribution in [-0.4, -0.2) is 97.2 Å². The van der Waals surface area contributed by atoms with Crippen molar-refractivity contribution in [3.63, 3.8) is 0 Å². The number of hydrogen-bond acceptors (Lipinski definition) is 15. The highest BCUT2D eigenvalue weighted by atomic mass is 32.2. The van der Waals surface area contributed by atoms with Crippen LogP contribution < -0.4 is 29.0 Å². The Morgan fingerprint density at radius 3 is 2.62 bits per heavy atom. The van der Waals surface area contributed by atoms with Crippen molar-refractivity contribution >= 4 is 34.7 Å². The number of ether oxygens (including phenoxy) is 6. The number of rotatable bonds is 3. The van der Waals surface area contributed by atoms with Gasteiger partial charge in [-0.05, 0) is 63.1 Å². The molecule has 11 rings (SSSR count). The van der Waals surface area contributed by atoms with Crippen LogP contribution in [0.15, 0.2) is 28.7 Å². The average Bonchev–Trinajstić information content (AvgIpc) is 3.82. The summed E-state index contributed by atoms with van der Waals surface area (Å²) in [6, 6.07) is 5.46. The van der Waals surface area contributed by atoms with E-state index in [1.165, 1.54) is 18.7 Å². The molecule has 4 bridgehead atoms. The molecule has 56 heavy (non-hydrogen) atoms. The van der Waals surface area contributed by atoms with E-state index in [0.29, 0.717) is 81.7 Å². The van der Waals surface area contributed by atoms with E-state index >= 15 is 0 Å². The molecule has 7 aliphatic heterocycles. The van der Waals surface area contributed by atoms with Gasteiger partial charge in [0, 0.05) is 58.5 Å². The van der Waals surface area contributed by atoms with Crippen molar-refractivity contribution < 1.29 is 52.6 Å². The Morgan fingerprint density at radius 1 is 1.05 bits per heavy atom. The van der Waals surface area contributed by atoms with E-state index < -0.39 is 47.1 Å². The summed E-state index contributed by atoms with van der Waals surface area (Å²) >= 11 is 1.49. The Morgan fingerprint density at radius 2 is 1.86 bits per heavy atom. The second-order valence-corrected chi connectivity index (χ2v) is 16.7. The molecular weight excluding hydrogens is 743 g/mol. The minimum absolute atomic E-state index is 0.0496. The van der Waals surface area contributed by atoms with E-state index in [1.807, 2.05) is 50.1 Å². The maximum atomic E-state index is 14.8. The van der Waals surface area contributed by atoms with Crippen LogP contribution in [0.1, 0.15) is 69.0 Å². The van der Waals surface area contributed by atoms with E-state index in [1.54, 1.807) is 14.2 Å². The molecule has 7 atom stereocenters. The van der Waals surface area contributed by atoms with Crippen molar-refractivity contribution in [2.24, 2.45) is 0 Å². The molecule has 15 heteroatoms. The number of piperazine rings is 1. The molecule has 1 aromatic heterocycles. The molecule has 0 radical (unpaired) electrons. The standard InChI is InChI=1S/C41H43N3O11S/c1-17-11-20-12-24-39(47)44-25-14-51-40(48)41(38-22(9-10-42-41)23-13-21(49-5)7-8-26(23)55-38)15-56-37(31(44)30(43(24)4)27(20)32(46)33(17)50-6)29-28(25)36-35(52-16-53-36)18(2)34(29)54-19(3)45/h7-8,11,13,24-25,30-31,37,39,42,46-47H,9-10,12,14-16H2,1-6H3/t24-,25?,30-,31+,37+,39-,41+/m0/s1. The maximum Gasteiger partial charge on any atom is 0.335 e. The first-order valence-corrected chi connectivity index (χ1v) is 19.9. The van der Waals surface area contributed by atoms with Crippen LogP contribution in [0.4, 0.5) is 0 Å². The van der Waals surface area contributed by atoms with Gasteiger partial charge in [0.2, 0.25) is 6.79 Å². The van der Waals surface area contributed by atoms with Crippen molar-refractivity contribution in [1.29, 1.82) is 0 Å². The molecule has 1 unspecified atom stereocenters. The van der Waals surface area contributed by atoms with Crippen LogP contribution in [0.25, 0.3) is 11.0 Å². The van der Waals surface area contributed by atoms with Gasteiger partial charge in [-0.2, -0.15) is 0 Å². The van der Waals surface area contributed by atoms with Gasteiger partial charge in [0.1, 0.15) is 35.7 Å². The van der Waals surface area contributed by atoms with Crippen molar-refractivity contribution in [2.75, 3.05) is 47.0 Å². The molecule has 4 aromatic rings. The monoisotopic (exact) mass is 785 g/mol. The van der Waals surface area contributed by atoms with Gasteiger partial charge in [-0.3, -0.25) is 19.9 Å². The normalized spacial score (nSPS) is 28.9. The van der Waals surface area contributed by atoms with Gasteiger partial charge < -0.3 is 43.1 Å². The number of hydrogen-bond donors (Lipinski definition) is 3. The molecule has 0 aliphatic carbocycles. The number of aliphatic hydroxyl groups is 1. The Labute approximate surface area is 326 Å². The number of carbonyl (C=O) groups excluding carboxylic acids is 2. The highest BCUT2D eigenvalue weighted by molar-refractivity contribution is 7.99. The van der Waals surface area contributed by atoms with Crippen molar-refractivity contribution in [1.82, 2.24) is 15.1 Å². The first-order chi connectivity index (χ1) is 27.0. The Kier molecular flexibility index (Phi) is 8.08. The molecule has 2 saturated heterocycles. The lowest BCUT2D eigenvalue weighted by atomic mass is 9.73. The quantitative estimate of drug-likeness (QED) is 0.197. The molecule has 0 amide bonds. The van der Waals surface area contributed by atoms with Gasteiger partial charge in [-0.25, -0.2) is 4.79 Å². The van der Waals surface area contributed by atoms with E-state index in [4.69, 9.17) is 32.8 Å². The largest absolute Gasteiger partial charge is 0.504 e. The zero-order valence-corrected chi connectivity index (χ0v) is 32.7. The number of aliphatic hydroxyl groups excluding tert-OH is 1. The number of thioether (sulfide) groups is 1. The lowest BCUT2D eigenvalue weighted by Gasteiger charge is -2.62. The number of likely N-dealkylation sites (N-methyl/N-ethyl adjacent to an activating group) is 1. The SMILES string of the molecule is COc1ccc2oc3c(c2c1)CCN[C@]31CS[C@@H]2c3c(OC(C)=O)c(C)c4c(c3C(COC1=O)N1[C@@H]2[C@@H]2c3c(cc(C)c(OC)c3O)C[C@@H]([C@@H]1O)N2C)OCO4. The third-order valence-corrected chi connectivity index (χ3v) is 14.2. The first-order valence-electron chi connectivity index (χ1n) is 18.8. The Hall–Kier alpha value is -4.67. The predicted molar refractivity (Wildman–Crippen MR) is 203 cm³/mol. The summed E-state index contributed by atoms with van der Waals surface area (Å²) in [5.41, 5.74) is 4.50. The summed E-state index contributed by atoms with van der Waals surface area (Å²) in [5, 5.41) is 28.5. The number of aromatic hydroxyl groups is 1. The first kappa shape index (κ1) is 35.7. The van der Waals surface area contributed by atoms with Crippen LogP contribution in [0.2, 0.25) is 0 Å². The van der Waals surface area contributed by atoms with Gasteiger partial charge in [-0.1, -0.05) is 6.07 Å². The van der Waals surface area contributed by atoms with Crippen LogP contribution in [0, 0.1) is 13.8 Å². The van der Waals surface area contributed by atoms with Crippen molar-refractivity contribution in [2.45, 2.75) is 74.8 Å². The van der Waals surface area contributed by atoms with Gasteiger partial charge >= 0.3 is 11.9 Å². The molecule has 2 fully saturated rings. The number of aryl methyl sites for hydroxylation is 1. The van der Waals surface area contributed by atoms with Crippen LogP contribution >= 0.6 is 11.8 Å². The lowest BCUT2D eigenvalue weighted by Crippen LogP contribution is -2.70. The summed E-state index contributed by atoms with van der Waals surface area (Å²) in [5.74, 6) is 1.99. The molecular formula is C41H43N3O11S. The zero-order chi connectivity index (χ0) is 38.9. The fraction of sp³-hybridized carbons (Fsp3) is 0.463. The van der Waals surface area contributed by atoms with Crippen molar-refractivity contribution in [3.05, 3.63) is 69.0 Å². The molecule has 294 valence electrons. The number of benzene rings is 3. The second kappa shape index (κ2) is 12.7. The lowest BCUT2D eigenvalue weighted by molar-refractivity contribution is -0.186. The predicted octanol–water partition coefficient (Wildman–Crippen LogP) is 4.45.